The Bertz CT molecular complexity index is 736. The zero-order valence-corrected chi connectivity index (χ0v) is 15.9. The molecule has 1 aromatic rings. The average Bonchev–Trinajstić information content (AvgIpc) is 2.55. The molecule has 10 heteroatoms. The van der Waals surface area contributed by atoms with E-state index in [-0.39, 0.29) is 34.2 Å². The van der Waals surface area contributed by atoms with E-state index < -0.39 is 20.0 Å². The van der Waals surface area contributed by atoms with Crippen molar-refractivity contribution in [3.8, 4) is 0 Å². The predicted molar refractivity (Wildman–Crippen MR) is 95.1 cm³/mol. The van der Waals surface area contributed by atoms with Gasteiger partial charge in [-0.25, -0.2) is 26.3 Å². The van der Waals surface area contributed by atoms with Crippen LogP contribution in [0, 0.1) is 5.92 Å². The molecule has 0 aliphatic heterocycles. The van der Waals surface area contributed by atoms with E-state index in [1.54, 1.807) is 0 Å². The van der Waals surface area contributed by atoms with Crippen molar-refractivity contribution in [2.75, 3.05) is 13.6 Å². The van der Waals surface area contributed by atoms with Gasteiger partial charge in [0, 0.05) is 6.04 Å². The summed E-state index contributed by atoms with van der Waals surface area (Å²) in [6, 6.07) is 4.99. The van der Waals surface area contributed by atoms with Crippen LogP contribution in [0.4, 0.5) is 0 Å². The predicted octanol–water partition coefficient (Wildman–Crippen LogP) is 0.812. The maximum Gasteiger partial charge on any atom is 0.240 e. The van der Waals surface area contributed by atoms with Crippen LogP contribution in [0.15, 0.2) is 34.1 Å². The van der Waals surface area contributed by atoms with Gasteiger partial charge in [0.2, 0.25) is 20.0 Å². The number of halogens is 1. The lowest BCUT2D eigenvalue weighted by atomic mass is 9.85. The average molecular weight is 398 g/mol. The first kappa shape index (κ1) is 21.3. The Balaban J connectivity index is 0.00000288. The van der Waals surface area contributed by atoms with Crippen LogP contribution in [0.1, 0.15) is 25.7 Å². The Labute approximate surface area is 149 Å². The summed E-state index contributed by atoms with van der Waals surface area (Å²) in [4.78, 5) is 0.0744. The van der Waals surface area contributed by atoms with E-state index in [1.165, 1.54) is 31.3 Å². The van der Waals surface area contributed by atoms with Crippen molar-refractivity contribution in [3.05, 3.63) is 24.3 Å². The van der Waals surface area contributed by atoms with Crippen LogP contribution < -0.4 is 15.2 Å². The summed E-state index contributed by atoms with van der Waals surface area (Å²) >= 11 is 0. The number of rotatable bonds is 6. The number of sulfonamides is 2. The molecule has 2 unspecified atom stereocenters. The molecule has 7 nitrogen and oxygen atoms in total. The monoisotopic (exact) mass is 397 g/mol. The Kier molecular flexibility index (Phi) is 7.64. The lowest BCUT2D eigenvalue weighted by Crippen LogP contribution is -2.44. The van der Waals surface area contributed by atoms with Gasteiger partial charge >= 0.3 is 0 Å². The lowest BCUT2D eigenvalue weighted by Gasteiger charge is -2.31. The molecule has 0 spiro atoms. The normalized spacial score (nSPS) is 21.9. The molecule has 2 rings (SSSR count). The fraction of sp³-hybridized carbons (Fsp3) is 0.571. The molecule has 0 saturated heterocycles. The molecular formula is C14H24ClN3O4S2. The molecule has 1 fully saturated rings. The van der Waals surface area contributed by atoms with Crippen molar-refractivity contribution in [2.24, 2.45) is 11.7 Å². The molecule has 24 heavy (non-hydrogen) atoms. The van der Waals surface area contributed by atoms with Crippen LogP contribution >= 0.6 is 12.4 Å². The lowest BCUT2D eigenvalue weighted by molar-refractivity contribution is 0.296. The molecule has 4 N–H and O–H groups in total. The largest absolute Gasteiger partial charge is 0.330 e. The van der Waals surface area contributed by atoms with Gasteiger partial charge in [-0.3, -0.25) is 0 Å². The van der Waals surface area contributed by atoms with Gasteiger partial charge in [-0.15, -0.1) is 12.4 Å². The van der Waals surface area contributed by atoms with Crippen LogP contribution in [0.3, 0.4) is 0 Å². The zero-order chi connectivity index (χ0) is 17.1. The highest BCUT2D eigenvalue weighted by Crippen LogP contribution is 2.25. The minimum absolute atomic E-state index is 0. The molecular weight excluding hydrogens is 374 g/mol. The molecule has 0 aromatic heterocycles. The van der Waals surface area contributed by atoms with Crippen molar-refractivity contribution in [3.63, 3.8) is 0 Å². The van der Waals surface area contributed by atoms with E-state index in [0.717, 1.165) is 25.7 Å². The molecule has 0 heterocycles. The highest BCUT2D eigenvalue weighted by Gasteiger charge is 2.28. The number of nitrogens with two attached hydrogens (primary N) is 1. The first-order valence-electron chi connectivity index (χ1n) is 7.56. The van der Waals surface area contributed by atoms with E-state index in [1.807, 2.05) is 0 Å². The third kappa shape index (κ3) is 4.90. The molecule has 1 aliphatic rings. The van der Waals surface area contributed by atoms with Gasteiger partial charge in [0.1, 0.15) is 0 Å². The van der Waals surface area contributed by atoms with Gasteiger partial charge in [-0.2, -0.15) is 0 Å². The fourth-order valence-corrected chi connectivity index (χ4v) is 4.90. The van der Waals surface area contributed by atoms with E-state index in [4.69, 9.17) is 5.73 Å². The van der Waals surface area contributed by atoms with Gasteiger partial charge in [0.05, 0.1) is 9.79 Å². The zero-order valence-electron chi connectivity index (χ0n) is 13.4. The third-order valence-electron chi connectivity index (χ3n) is 4.23. The van der Waals surface area contributed by atoms with E-state index in [2.05, 4.69) is 9.44 Å². The molecule has 138 valence electrons. The minimum atomic E-state index is -3.69. The van der Waals surface area contributed by atoms with Crippen LogP contribution in [0.25, 0.3) is 0 Å². The number of hydrogen-bond acceptors (Lipinski definition) is 5. The number of benzene rings is 1. The van der Waals surface area contributed by atoms with Gasteiger partial charge in [-0.1, -0.05) is 12.8 Å². The maximum atomic E-state index is 12.5. The second kappa shape index (κ2) is 8.59. The Morgan fingerprint density at radius 2 is 1.50 bits per heavy atom. The molecule has 0 amide bonds. The van der Waals surface area contributed by atoms with Crippen molar-refractivity contribution in [1.82, 2.24) is 9.44 Å². The Morgan fingerprint density at radius 3 is 2.00 bits per heavy atom. The second-order valence-corrected chi connectivity index (χ2v) is 9.29. The van der Waals surface area contributed by atoms with E-state index >= 15 is 0 Å². The number of hydrogen-bond donors (Lipinski definition) is 3. The maximum absolute atomic E-state index is 12.5. The summed E-state index contributed by atoms with van der Waals surface area (Å²) in [5.41, 5.74) is 5.73. The first-order chi connectivity index (χ1) is 10.8. The van der Waals surface area contributed by atoms with Gasteiger partial charge in [0.15, 0.2) is 0 Å². The molecule has 1 aromatic carbocycles. The van der Waals surface area contributed by atoms with Gasteiger partial charge in [0.25, 0.3) is 0 Å². The summed E-state index contributed by atoms with van der Waals surface area (Å²) < 4.78 is 53.2. The molecule has 2 atom stereocenters. The summed E-state index contributed by atoms with van der Waals surface area (Å²) in [5.74, 6) is 0.141. The smallest absolute Gasteiger partial charge is 0.240 e. The van der Waals surface area contributed by atoms with Crippen molar-refractivity contribution in [1.29, 1.82) is 0 Å². The summed E-state index contributed by atoms with van der Waals surface area (Å²) in [7, 11) is -5.97. The minimum Gasteiger partial charge on any atom is -0.330 e. The summed E-state index contributed by atoms with van der Waals surface area (Å²) in [5, 5.41) is 0. The van der Waals surface area contributed by atoms with Crippen LogP contribution in [0.5, 0.6) is 0 Å². The summed E-state index contributed by atoms with van der Waals surface area (Å²) in [6.45, 7) is 0.451. The van der Waals surface area contributed by atoms with Crippen molar-refractivity contribution in [2.45, 2.75) is 41.5 Å². The second-order valence-electron chi connectivity index (χ2n) is 5.69. The molecule has 1 saturated carbocycles. The number of nitrogens with one attached hydrogen (secondary N) is 2. The van der Waals surface area contributed by atoms with Crippen molar-refractivity contribution >= 4 is 32.5 Å². The highest BCUT2D eigenvalue weighted by atomic mass is 35.5. The molecule has 0 bridgehead atoms. The first-order valence-corrected chi connectivity index (χ1v) is 10.5. The quantitative estimate of drug-likeness (QED) is 0.656. The molecule has 1 aliphatic carbocycles. The third-order valence-corrected chi connectivity index (χ3v) is 7.17. The molecule has 0 radical (unpaired) electrons. The van der Waals surface area contributed by atoms with Gasteiger partial charge < -0.3 is 5.73 Å². The van der Waals surface area contributed by atoms with Crippen LogP contribution in [-0.4, -0.2) is 36.5 Å². The van der Waals surface area contributed by atoms with Crippen LogP contribution in [0.2, 0.25) is 0 Å². The SMILES string of the molecule is CNS(=O)(=O)c1ccc(S(=O)(=O)NC2CCCCC2CN)cc1.Cl. The van der Waals surface area contributed by atoms with E-state index in [0.29, 0.717) is 6.54 Å². The Hall–Kier alpha value is -0.710. The van der Waals surface area contributed by atoms with Crippen LogP contribution in [-0.2, 0) is 20.0 Å². The Morgan fingerprint density at radius 1 is 1.00 bits per heavy atom. The van der Waals surface area contributed by atoms with E-state index in [9.17, 15) is 16.8 Å². The highest BCUT2D eigenvalue weighted by molar-refractivity contribution is 7.90. The topological polar surface area (TPSA) is 118 Å². The van der Waals surface area contributed by atoms with Gasteiger partial charge in [-0.05, 0) is 56.6 Å². The fourth-order valence-electron chi connectivity index (χ4n) is 2.83. The summed E-state index contributed by atoms with van der Waals surface area (Å²) in [6.07, 6.45) is 3.73. The standard InChI is InChI=1S/C14H23N3O4S2.ClH/c1-16-22(18,19)12-6-8-13(9-7-12)23(20,21)17-14-5-3-2-4-11(14)10-15;/h6-9,11,14,16-17H,2-5,10,15H2,1H3;1H. The van der Waals surface area contributed by atoms with Crippen molar-refractivity contribution < 1.29 is 16.8 Å².